The van der Waals surface area contributed by atoms with Crippen molar-refractivity contribution in [1.82, 2.24) is 4.57 Å². The van der Waals surface area contributed by atoms with E-state index < -0.39 is 0 Å². The molecular formula is C28H27ClN2O2. The first-order valence-corrected chi connectivity index (χ1v) is 11.4. The number of aryl methyl sites for hydroxylation is 1. The largest absolute Gasteiger partial charge is 0.327 e. The number of benzene rings is 3. The number of nitrogens with zero attached hydrogens (tertiary/aromatic N) is 1. The van der Waals surface area contributed by atoms with Crippen LogP contribution >= 0.6 is 11.6 Å². The number of carbonyl (C=O) groups excluding carboxylic acids is 1. The Kier molecular flexibility index (Phi) is 6.13. The lowest BCUT2D eigenvalue weighted by Crippen LogP contribution is -2.22. The van der Waals surface area contributed by atoms with Gasteiger partial charge in [0.15, 0.2) is 5.43 Å². The maximum absolute atomic E-state index is 13.6. The van der Waals surface area contributed by atoms with E-state index in [1.165, 1.54) is 0 Å². The average Bonchev–Trinajstić information content (AvgIpc) is 2.80. The predicted molar refractivity (Wildman–Crippen MR) is 137 cm³/mol. The Morgan fingerprint density at radius 3 is 2.18 bits per heavy atom. The minimum atomic E-state index is -0.262. The highest BCUT2D eigenvalue weighted by molar-refractivity contribution is 6.30. The van der Waals surface area contributed by atoms with E-state index in [-0.39, 0.29) is 16.8 Å². The van der Waals surface area contributed by atoms with Crippen molar-refractivity contribution >= 4 is 34.2 Å². The number of hydrogen-bond acceptors (Lipinski definition) is 2. The van der Waals surface area contributed by atoms with E-state index in [1.807, 2.05) is 72.2 Å². The number of hydrogen-bond donors (Lipinski definition) is 1. The van der Waals surface area contributed by atoms with Crippen LogP contribution in [0, 0.1) is 0 Å². The molecule has 1 N–H and O–H groups in total. The summed E-state index contributed by atoms with van der Waals surface area (Å²) in [6.45, 7) is 8.98. The SMILES string of the molecule is CCn1c(NC(=O)c2ccc(C(C)(C)C)cc2)c(-c2ccc(Cl)cc2)c(=O)c2ccccc21. The van der Waals surface area contributed by atoms with Crippen LogP contribution in [0.15, 0.2) is 77.6 Å². The molecule has 0 aliphatic heterocycles. The van der Waals surface area contributed by atoms with E-state index >= 15 is 0 Å². The average molecular weight is 459 g/mol. The maximum atomic E-state index is 13.6. The second kappa shape index (κ2) is 8.87. The Hall–Kier alpha value is -3.37. The fourth-order valence-corrected chi connectivity index (χ4v) is 4.17. The van der Waals surface area contributed by atoms with Gasteiger partial charge in [-0.05, 0) is 59.9 Å². The molecule has 0 bridgehead atoms. The monoisotopic (exact) mass is 458 g/mol. The van der Waals surface area contributed by atoms with Crippen LogP contribution in [0.2, 0.25) is 5.02 Å². The normalized spacial score (nSPS) is 11.5. The van der Waals surface area contributed by atoms with Crippen molar-refractivity contribution < 1.29 is 4.79 Å². The van der Waals surface area contributed by atoms with Gasteiger partial charge in [0.2, 0.25) is 0 Å². The number of halogens is 1. The van der Waals surface area contributed by atoms with Gasteiger partial charge >= 0.3 is 0 Å². The molecule has 0 unspecified atom stereocenters. The number of nitrogens with one attached hydrogen (secondary N) is 1. The van der Waals surface area contributed by atoms with E-state index in [1.54, 1.807) is 12.1 Å². The molecule has 4 rings (SSSR count). The number of rotatable bonds is 4. The van der Waals surface area contributed by atoms with Crippen molar-refractivity contribution in [1.29, 1.82) is 0 Å². The fourth-order valence-electron chi connectivity index (χ4n) is 4.04. The zero-order chi connectivity index (χ0) is 23.8. The molecule has 168 valence electrons. The number of para-hydroxylation sites is 1. The van der Waals surface area contributed by atoms with Crippen LogP contribution in [0.3, 0.4) is 0 Å². The summed E-state index contributed by atoms with van der Waals surface area (Å²) in [5.74, 6) is 0.218. The second-order valence-electron chi connectivity index (χ2n) is 9.10. The Morgan fingerprint density at radius 2 is 1.58 bits per heavy atom. The lowest BCUT2D eigenvalue weighted by Gasteiger charge is -2.21. The molecule has 5 heteroatoms. The van der Waals surface area contributed by atoms with Gasteiger partial charge in [0.1, 0.15) is 5.82 Å². The number of amides is 1. The maximum Gasteiger partial charge on any atom is 0.256 e. The molecule has 0 fully saturated rings. The predicted octanol–water partition coefficient (Wildman–Crippen LogP) is 6.89. The number of anilines is 1. The van der Waals surface area contributed by atoms with Crippen molar-refractivity contribution in [3.8, 4) is 11.1 Å². The molecular weight excluding hydrogens is 432 g/mol. The highest BCUT2D eigenvalue weighted by Gasteiger charge is 2.21. The van der Waals surface area contributed by atoms with E-state index in [4.69, 9.17) is 11.6 Å². The molecule has 4 nitrogen and oxygen atoms in total. The molecule has 0 atom stereocenters. The summed E-state index contributed by atoms with van der Waals surface area (Å²) in [5.41, 5.74) is 3.49. The summed E-state index contributed by atoms with van der Waals surface area (Å²) < 4.78 is 1.97. The molecule has 1 heterocycles. The third kappa shape index (κ3) is 4.44. The quantitative estimate of drug-likeness (QED) is 0.362. The van der Waals surface area contributed by atoms with Gasteiger partial charge < -0.3 is 9.88 Å². The van der Waals surface area contributed by atoms with Gasteiger partial charge in [-0.2, -0.15) is 0 Å². The van der Waals surface area contributed by atoms with Crippen LogP contribution in [0.25, 0.3) is 22.0 Å². The number of aromatic nitrogens is 1. The summed E-state index contributed by atoms with van der Waals surface area (Å²) in [4.78, 5) is 26.9. The van der Waals surface area contributed by atoms with Crippen LogP contribution in [0.5, 0.6) is 0 Å². The molecule has 0 saturated carbocycles. The molecule has 1 amide bonds. The highest BCUT2D eigenvalue weighted by atomic mass is 35.5. The van der Waals surface area contributed by atoms with Gasteiger partial charge in [0.05, 0.1) is 11.1 Å². The Balaban J connectivity index is 1.88. The van der Waals surface area contributed by atoms with E-state index in [0.29, 0.717) is 39.5 Å². The fraction of sp³-hybridized carbons (Fsp3) is 0.214. The molecule has 4 aromatic rings. The smallest absolute Gasteiger partial charge is 0.256 e. The Labute approximate surface area is 198 Å². The van der Waals surface area contributed by atoms with Gasteiger partial charge in [-0.3, -0.25) is 9.59 Å². The Bertz CT molecular complexity index is 1380. The molecule has 0 saturated heterocycles. The summed E-state index contributed by atoms with van der Waals surface area (Å²) in [6.07, 6.45) is 0. The van der Waals surface area contributed by atoms with E-state index in [0.717, 1.165) is 11.1 Å². The van der Waals surface area contributed by atoms with Crippen LogP contribution in [0.4, 0.5) is 5.82 Å². The number of carbonyl (C=O) groups is 1. The molecule has 33 heavy (non-hydrogen) atoms. The first-order chi connectivity index (χ1) is 15.7. The lowest BCUT2D eigenvalue weighted by molar-refractivity contribution is 0.102. The zero-order valence-electron chi connectivity index (χ0n) is 19.3. The topological polar surface area (TPSA) is 51.1 Å². The van der Waals surface area contributed by atoms with Gasteiger partial charge in [-0.1, -0.05) is 68.8 Å². The van der Waals surface area contributed by atoms with Crippen LogP contribution in [-0.2, 0) is 12.0 Å². The second-order valence-corrected chi connectivity index (χ2v) is 9.54. The van der Waals surface area contributed by atoms with Crippen LogP contribution in [0.1, 0.15) is 43.6 Å². The summed E-state index contributed by atoms with van der Waals surface area (Å²) >= 11 is 6.09. The standard InChI is InChI=1S/C28H27ClN2O2/c1-5-31-23-9-7-6-8-22(23)25(32)24(18-12-16-21(29)17-13-18)26(31)30-27(33)19-10-14-20(15-11-19)28(2,3)4/h6-17H,5H2,1-4H3,(H,30,33). The summed E-state index contributed by atoms with van der Waals surface area (Å²) in [7, 11) is 0. The first kappa shape index (κ1) is 22.8. The number of fused-ring (bicyclic) bond motifs is 1. The minimum Gasteiger partial charge on any atom is -0.327 e. The number of pyridine rings is 1. The van der Waals surface area contributed by atoms with Crippen molar-refractivity contribution in [2.24, 2.45) is 0 Å². The molecule has 0 aliphatic carbocycles. The van der Waals surface area contributed by atoms with Crippen LogP contribution in [-0.4, -0.2) is 10.5 Å². The van der Waals surface area contributed by atoms with Crippen molar-refractivity contribution in [2.45, 2.75) is 39.7 Å². The summed E-state index contributed by atoms with van der Waals surface area (Å²) in [6, 6.07) is 22.2. The van der Waals surface area contributed by atoms with Gasteiger partial charge in [0, 0.05) is 22.5 Å². The third-order valence-electron chi connectivity index (χ3n) is 5.87. The zero-order valence-corrected chi connectivity index (χ0v) is 20.0. The minimum absolute atomic E-state index is 0.00219. The molecule has 3 aromatic carbocycles. The van der Waals surface area contributed by atoms with E-state index in [9.17, 15) is 9.59 Å². The van der Waals surface area contributed by atoms with Gasteiger partial charge in [-0.25, -0.2) is 0 Å². The Morgan fingerprint density at radius 1 is 0.939 bits per heavy atom. The van der Waals surface area contributed by atoms with Gasteiger partial charge in [-0.15, -0.1) is 0 Å². The van der Waals surface area contributed by atoms with Crippen molar-refractivity contribution in [3.63, 3.8) is 0 Å². The van der Waals surface area contributed by atoms with E-state index in [2.05, 4.69) is 26.1 Å². The van der Waals surface area contributed by atoms with Crippen molar-refractivity contribution in [3.05, 3.63) is 99.2 Å². The molecule has 0 spiro atoms. The molecule has 0 aliphatic rings. The third-order valence-corrected chi connectivity index (χ3v) is 6.12. The van der Waals surface area contributed by atoms with Crippen molar-refractivity contribution in [2.75, 3.05) is 5.32 Å². The summed E-state index contributed by atoms with van der Waals surface area (Å²) in [5, 5.41) is 4.23. The van der Waals surface area contributed by atoms with Gasteiger partial charge in [0.25, 0.3) is 5.91 Å². The molecule has 0 radical (unpaired) electrons. The highest BCUT2D eigenvalue weighted by Crippen LogP contribution is 2.30. The van der Waals surface area contributed by atoms with Crippen LogP contribution < -0.4 is 10.7 Å². The lowest BCUT2D eigenvalue weighted by atomic mass is 9.87. The first-order valence-electron chi connectivity index (χ1n) is 11.0. The molecule has 1 aromatic heterocycles.